The largest absolute Gasteiger partial charge is 0.389 e. The molecular weight excluding hydrogens is 307 g/mol. The average Bonchev–Trinajstić information content (AvgIpc) is 2.41. The van der Waals surface area contributed by atoms with Gasteiger partial charge in [0.15, 0.2) is 0 Å². The fraction of sp³-hybridized carbons (Fsp3) is 0.188. The quantitative estimate of drug-likeness (QED) is 0.850. The van der Waals surface area contributed by atoms with Crippen LogP contribution < -0.4 is 5.73 Å². The summed E-state index contributed by atoms with van der Waals surface area (Å²) >= 11 is 10.9. The van der Waals surface area contributed by atoms with Crippen molar-refractivity contribution in [3.05, 3.63) is 70.0 Å². The molecule has 0 saturated carbocycles. The molecule has 0 aliphatic carbocycles. The van der Waals surface area contributed by atoms with Crippen LogP contribution in [0.25, 0.3) is 0 Å². The Morgan fingerprint density at radius 1 is 1.19 bits per heavy atom. The molecule has 2 aromatic carbocycles. The van der Waals surface area contributed by atoms with E-state index >= 15 is 0 Å². The zero-order chi connectivity index (χ0) is 15.4. The van der Waals surface area contributed by atoms with Crippen molar-refractivity contribution >= 4 is 28.8 Å². The molecule has 0 unspecified atom stereocenters. The zero-order valence-corrected chi connectivity index (χ0v) is 13.2. The Morgan fingerprint density at radius 3 is 2.48 bits per heavy atom. The molecule has 2 nitrogen and oxygen atoms in total. The first kappa shape index (κ1) is 15.9. The van der Waals surface area contributed by atoms with Crippen LogP contribution in [-0.2, 0) is 13.1 Å². The highest BCUT2D eigenvalue weighted by atomic mass is 35.5. The third-order valence-electron chi connectivity index (χ3n) is 3.14. The van der Waals surface area contributed by atoms with Gasteiger partial charge in [-0.2, -0.15) is 0 Å². The molecule has 0 aliphatic rings. The van der Waals surface area contributed by atoms with E-state index in [1.165, 1.54) is 12.1 Å². The van der Waals surface area contributed by atoms with Crippen molar-refractivity contribution in [1.29, 1.82) is 0 Å². The molecule has 0 radical (unpaired) electrons. The van der Waals surface area contributed by atoms with Gasteiger partial charge in [-0.3, -0.25) is 4.90 Å². The summed E-state index contributed by atoms with van der Waals surface area (Å²) in [6.07, 6.45) is 0. The summed E-state index contributed by atoms with van der Waals surface area (Å²) in [5, 5.41) is 0.710. The van der Waals surface area contributed by atoms with Crippen LogP contribution in [0.2, 0.25) is 5.02 Å². The topological polar surface area (TPSA) is 29.3 Å². The standard InChI is InChI=1S/C16H16ClFN2S/c1-20(9-11-2-4-13(17)5-3-11)10-12-8-14(18)6-7-15(12)16(19)21/h2-8H,9-10H2,1H3,(H2,19,21). The predicted molar refractivity (Wildman–Crippen MR) is 88.9 cm³/mol. The van der Waals surface area contributed by atoms with E-state index in [0.717, 1.165) is 17.7 Å². The van der Waals surface area contributed by atoms with Gasteiger partial charge in [0.25, 0.3) is 0 Å². The highest BCUT2D eigenvalue weighted by Crippen LogP contribution is 2.16. The number of benzene rings is 2. The number of nitrogens with two attached hydrogens (primary N) is 1. The summed E-state index contributed by atoms with van der Waals surface area (Å²) in [5.74, 6) is -0.287. The van der Waals surface area contributed by atoms with Gasteiger partial charge in [0.2, 0.25) is 0 Å². The third-order valence-corrected chi connectivity index (χ3v) is 3.61. The molecule has 0 saturated heterocycles. The maximum Gasteiger partial charge on any atom is 0.123 e. The maximum absolute atomic E-state index is 13.4. The van der Waals surface area contributed by atoms with Crippen LogP contribution in [0.4, 0.5) is 4.39 Å². The lowest BCUT2D eigenvalue weighted by Crippen LogP contribution is -2.21. The van der Waals surface area contributed by atoms with Crippen LogP contribution in [0.3, 0.4) is 0 Å². The van der Waals surface area contributed by atoms with Gasteiger partial charge < -0.3 is 5.73 Å². The Balaban J connectivity index is 2.12. The van der Waals surface area contributed by atoms with Crippen molar-refractivity contribution in [2.75, 3.05) is 7.05 Å². The first-order chi connectivity index (χ1) is 9.95. The number of thiocarbonyl (C=S) groups is 1. The summed E-state index contributed by atoms with van der Waals surface area (Å²) in [6.45, 7) is 1.29. The molecular formula is C16H16ClFN2S. The predicted octanol–water partition coefficient (Wildman–Crippen LogP) is 3.75. The molecule has 2 aromatic rings. The molecule has 110 valence electrons. The third kappa shape index (κ3) is 4.49. The highest BCUT2D eigenvalue weighted by Gasteiger charge is 2.10. The Hall–Kier alpha value is -1.49. The molecule has 0 aromatic heterocycles. The van der Waals surface area contributed by atoms with E-state index in [1.54, 1.807) is 6.07 Å². The molecule has 2 N–H and O–H groups in total. The molecule has 2 rings (SSSR count). The van der Waals surface area contributed by atoms with Gasteiger partial charge in [0.05, 0.1) is 0 Å². The van der Waals surface area contributed by atoms with Gasteiger partial charge in [-0.15, -0.1) is 0 Å². The second-order valence-electron chi connectivity index (χ2n) is 4.96. The average molecular weight is 323 g/mol. The summed E-state index contributed by atoms with van der Waals surface area (Å²) in [6, 6.07) is 12.1. The Labute approximate surface area is 134 Å². The molecule has 0 amide bonds. The van der Waals surface area contributed by atoms with Gasteiger partial charge in [0.1, 0.15) is 10.8 Å². The van der Waals surface area contributed by atoms with Crippen LogP contribution in [0.1, 0.15) is 16.7 Å². The van der Waals surface area contributed by atoms with Crippen molar-refractivity contribution in [3.63, 3.8) is 0 Å². The number of hydrogen-bond acceptors (Lipinski definition) is 2. The van der Waals surface area contributed by atoms with E-state index in [-0.39, 0.29) is 10.8 Å². The first-order valence-electron chi connectivity index (χ1n) is 6.47. The molecule has 0 aliphatic heterocycles. The van der Waals surface area contributed by atoms with Gasteiger partial charge in [0, 0.05) is 23.7 Å². The van der Waals surface area contributed by atoms with E-state index < -0.39 is 0 Å². The van der Waals surface area contributed by atoms with E-state index in [1.807, 2.05) is 31.3 Å². The van der Waals surface area contributed by atoms with Crippen LogP contribution in [-0.4, -0.2) is 16.9 Å². The normalized spacial score (nSPS) is 10.9. The summed E-state index contributed by atoms with van der Waals surface area (Å²) in [4.78, 5) is 2.35. The van der Waals surface area contributed by atoms with E-state index in [0.29, 0.717) is 17.1 Å². The Bertz CT molecular complexity index is 643. The SMILES string of the molecule is CN(Cc1ccc(Cl)cc1)Cc1cc(F)ccc1C(N)=S. The van der Waals surface area contributed by atoms with Crippen molar-refractivity contribution in [1.82, 2.24) is 4.90 Å². The lowest BCUT2D eigenvalue weighted by molar-refractivity contribution is 0.318. The number of halogens is 2. The van der Waals surface area contributed by atoms with Crippen molar-refractivity contribution in [3.8, 4) is 0 Å². The second-order valence-corrected chi connectivity index (χ2v) is 5.84. The van der Waals surface area contributed by atoms with Gasteiger partial charge in [-0.1, -0.05) is 36.0 Å². The number of rotatable bonds is 5. The van der Waals surface area contributed by atoms with Crippen LogP contribution >= 0.6 is 23.8 Å². The lowest BCUT2D eigenvalue weighted by atomic mass is 10.1. The summed E-state index contributed by atoms with van der Waals surface area (Å²) in [7, 11) is 1.96. The minimum Gasteiger partial charge on any atom is -0.389 e. The van der Waals surface area contributed by atoms with Gasteiger partial charge in [-0.25, -0.2) is 4.39 Å². The molecule has 0 atom stereocenters. The molecule has 0 bridgehead atoms. The monoisotopic (exact) mass is 322 g/mol. The van der Waals surface area contributed by atoms with Gasteiger partial charge in [-0.05, 0) is 48.5 Å². The van der Waals surface area contributed by atoms with Crippen LogP contribution in [0.15, 0.2) is 42.5 Å². The van der Waals surface area contributed by atoms with Crippen molar-refractivity contribution in [2.45, 2.75) is 13.1 Å². The fourth-order valence-corrected chi connectivity index (χ4v) is 2.51. The van der Waals surface area contributed by atoms with E-state index in [2.05, 4.69) is 4.90 Å². The zero-order valence-electron chi connectivity index (χ0n) is 11.6. The van der Waals surface area contributed by atoms with Crippen molar-refractivity contribution < 1.29 is 4.39 Å². The molecule has 0 spiro atoms. The first-order valence-corrected chi connectivity index (χ1v) is 7.25. The maximum atomic E-state index is 13.4. The minimum atomic E-state index is -0.287. The second kappa shape index (κ2) is 6.98. The smallest absolute Gasteiger partial charge is 0.123 e. The fourth-order valence-electron chi connectivity index (χ4n) is 2.18. The van der Waals surface area contributed by atoms with Crippen LogP contribution in [0.5, 0.6) is 0 Å². The highest BCUT2D eigenvalue weighted by molar-refractivity contribution is 7.80. The van der Waals surface area contributed by atoms with E-state index in [9.17, 15) is 4.39 Å². The Morgan fingerprint density at radius 2 is 1.86 bits per heavy atom. The number of hydrogen-bond donors (Lipinski definition) is 1. The van der Waals surface area contributed by atoms with E-state index in [4.69, 9.17) is 29.6 Å². The summed E-state index contributed by atoms with van der Waals surface area (Å²) < 4.78 is 13.4. The van der Waals surface area contributed by atoms with Crippen LogP contribution in [0, 0.1) is 5.82 Å². The lowest BCUT2D eigenvalue weighted by Gasteiger charge is -2.19. The molecule has 21 heavy (non-hydrogen) atoms. The van der Waals surface area contributed by atoms with Crippen molar-refractivity contribution in [2.24, 2.45) is 5.73 Å². The number of nitrogens with zero attached hydrogens (tertiary/aromatic N) is 1. The molecule has 0 heterocycles. The Kier molecular flexibility index (Phi) is 5.28. The summed E-state index contributed by atoms with van der Waals surface area (Å²) in [5.41, 5.74) is 8.33. The van der Waals surface area contributed by atoms with Gasteiger partial charge >= 0.3 is 0 Å². The molecule has 5 heteroatoms. The minimum absolute atomic E-state index is 0.282. The molecule has 0 fully saturated rings.